The predicted molar refractivity (Wildman–Crippen MR) is 119 cm³/mol. The Bertz CT molecular complexity index is 588. The Kier molecular flexibility index (Phi) is 11.3. The summed E-state index contributed by atoms with van der Waals surface area (Å²) in [6.07, 6.45) is 5.60. The minimum Gasteiger partial charge on any atom is -0.357 e. The Morgan fingerprint density at radius 2 is 1.85 bits per heavy atom. The molecular formula is C20H32FIN4O. The quantitative estimate of drug-likeness (QED) is 0.266. The Labute approximate surface area is 179 Å². The molecule has 0 atom stereocenters. The number of nitrogens with one attached hydrogen (secondary N) is 2. The fourth-order valence-electron chi connectivity index (χ4n) is 3.26. The van der Waals surface area contributed by atoms with Crippen LogP contribution in [0.3, 0.4) is 0 Å². The van der Waals surface area contributed by atoms with Crippen LogP contribution < -0.4 is 10.6 Å². The lowest BCUT2D eigenvalue weighted by molar-refractivity contribution is -0.125. The summed E-state index contributed by atoms with van der Waals surface area (Å²) in [4.78, 5) is 18.7. The third kappa shape index (κ3) is 8.45. The van der Waals surface area contributed by atoms with Gasteiger partial charge in [0.15, 0.2) is 5.96 Å². The van der Waals surface area contributed by atoms with Gasteiger partial charge in [0.2, 0.25) is 5.91 Å². The van der Waals surface area contributed by atoms with Crippen LogP contribution >= 0.6 is 24.0 Å². The fourth-order valence-corrected chi connectivity index (χ4v) is 3.26. The summed E-state index contributed by atoms with van der Waals surface area (Å²) >= 11 is 0. The smallest absolute Gasteiger partial charge is 0.223 e. The lowest BCUT2D eigenvalue weighted by Crippen LogP contribution is -2.39. The highest BCUT2D eigenvalue weighted by Crippen LogP contribution is 2.23. The number of rotatable bonds is 7. The lowest BCUT2D eigenvalue weighted by atomic mass is 9.89. The van der Waals surface area contributed by atoms with Gasteiger partial charge in [-0.1, -0.05) is 31.4 Å². The molecule has 2 N–H and O–H groups in total. The summed E-state index contributed by atoms with van der Waals surface area (Å²) in [6, 6.07) is 6.49. The normalized spacial score (nSPS) is 15.0. The molecule has 1 saturated carbocycles. The summed E-state index contributed by atoms with van der Waals surface area (Å²) in [5, 5.41) is 6.27. The molecule has 0 unspecified atom stereocenters. The van der Waals surface area contributed by atoms with Gasteiger partial charge in [0.25, 0.3) is 0 Å². The molecule has 1 aromatic rings. The third-order valence-electron chi connectivity index (χ3n) is 4.68. The first-order valence-electron chi connectivity index (χ1n) is 9.61. The van der Waals surface area contributed by atoms with Gasteiger partial charge in [0.05, 0.1) is 6.54 Å². The minimum atomic E-state index is -0.231. The molecule has 0 aromatic heterocycles. The zero-order valence-electron chi connectivity index (χ0n) is 16.3. The van der Waals surface area contributed by atoms with Crippen molar-refractivity contribution in [3.05, 3.63) is 35.6 Å². The van der Waals surface area contributed by atoms with Crippen LogP contribution in [-0.4, -0.2) is 43.4 Å². The van der Waals surface area contributed by atoms with Crippen molar-refractivity contribution in [2.45, 2.75) is 45.6 Å². The molecule has 1 aliphatic rings. The van der Waals surface area contributed by atoms with E-state index < -0.39 is 0 Å². The SMILES string of the molecule is CCNC(=NCCNC(=O)C1CCCCC1)N(C)Cc1ccc(F)cc1.I. The molecule has 0 saturated heterocycles. The van der Waals surface area contributed by atoms with Gasteiger partial charge in [-0.2, -0.15) is 0 Å². The van der Waals surface area contributed by atoms with Crippen molar-refractivity contribution in [2.75, 3.05) is 26.7 Å². The highest BCUT2D eigenvalue weighted by Gasteiger charge is 2.20. The number of nitrogens with zero attached hydrogens (tertiary/aromatic N) is 2. The van der Waals surface area contributed by atoms with Crippen LogP contribution in [-0.2, 0) is 11.3 Å². The molecule has 0 spiro atoms. The van der Waals surface area contributed by atoms with Gasteiger partial charge in [-0.25, -0.2) is 4.39 Å². The lowest BCUT2D eigenvalue weighted by Gasteiger charge is -2.22. The first kappa shape index (κ1) is 23.7. The van der Waals surface area contributed by atoms with Crippen LogP contribution in [0.15, 0.2) is 29.3 Å². The molecule has 1 amide bonds. The van der Waals surface area contributed by atoms with E-state index >= 15 is 0 Å². The molecule has 1 aliphatic carbocycles. The zero-order valence-corrected chi connectivity index (χ0v) is 18.7. The molecule has 0 radical (unpaired) electrons. The monoisotopic (exact) mass is 490 g/mol. The predicted octanol–water partition coefficient (Wildman–Crippen LogP) is 3.54. The molecule has 27 heavy (non-hydrogen) atoms. The second-order valence-corrected chi connectivity index (χ2v) is 6.84. The Hall–Kier alpha value is -1.38. The number of hydrogen-bond donors (Lipinski definition) is 2. The van der Waals surface area contributed by atoms with E-state index in [1.54, 1.807) is 12.1 Å². The summed E-state index contributed by atoms with van der Waals surface area (Å²) < 4.78 is 13.0. The molecule has 0 bridgehead atoms. The van der Waals surface area contributed by atoms with Gasteiger partial charge in [0.1, 0.15) is 5.82 Å². The van der Waals surface area contributed by atoms with E-state index in [0.717, 1.165) is 43.8 Å². The Morgan fingerprint density at radius 3 is 2.48 bits per heavy atom. The molecule has 5 nitrogen and oxygen atoms in total. The summed E-state index contributed by atoms with van der Waals surface area (Å²) in [7, 11) is 1.95. The first-order valence-corrected chi connectivity index (χ1v) is 9.61. The number of halogens is 2. The maximum Gasteiger partial charge on any atom is 0.223 e. The van der Waals surface area contributed by atoms with Crippen molar-refractivity contribution in [2.24, 2.45) is 10.9 Å². The van der Waals surface area contributed by atoms with E-state index in [2.05, 4.69) is 15.6 Å². The number of carbonyl (C=O) groups excluding carboxylic acids is 1. The van der Waals surface area contributed by atoms with Crippen molar-refractivity contribution in [3.8, 4) is 0 Å². The van der Waals surface area contributed by atoms with E-state index in [9.17, 15) is 9.18 Å². The highest BCUT2D eigenvalue weighted by atomic mass is 127. The van der Waals surface area contributed by atoms with Gasteiger partial charge in [-0.15, -0.1) is 24.0 Å². The maximum atomic E-state index is 13.0. The molecule has 1 aromatic carbocycles. The summed E-state index contributed by atoms with van der Waals surface area (Å²) in [6.45, 7) is 4.51. The average molecular weight is 490 g/mol. The maximum absolute atomic E-state index is 13.0. The van der Waals surface area contributed by atoms with Crippen molar-refractivity contribution in [1.82, 2.24) is 15.5 Å². The molecule has 0 aliphatic heterocycles. The third-order valence-corrected chi connectivity index (χ3v) is 4.68. The number of amides is 1. The van der Waals surface area contributed by atoms with E-state index in [1.807, 2.05) is 18.9 Å². The van der Waals surface area contributed by atoms with Crippen LogP contribution in [0, 0.1) is 11.7 Å². The molecule has 0 heterocycles. The standard InChI is InChI=1S/C20H31FN4O.HI/c1-3-22-20(25(2)15-16-9-11-18(21)12-10-16)24-14-13-23-19(26)17-7-5-4-6-8-17;/h9-12,17H,3-8,13-15H2,1-2H3,(H,22,24)(H,23,26);1H. The van der Waals surface area contributed by atoms with Crippen LogP contribution in [0.4, 0.5) is 4.39 Å². The largest absolute Gasteiger partial charge is 0.357 e. The highest BCUT2D eigenvalue weighted by molar-refractivity contribution is 14.0. The second kappa shape index (κ2) is 12.9. The number of guanidine groups is 1. The van der Waals surface area contributed by atoms with Crippen LogP contribution in [0.25, 0.3) is 0 Å². The molecule has 1 fully saturated rings. The van der Waals surface area contributed by atoms with Gasteiger partial charge in [-0.3, -0.25) is 9.79 Å². The second-order valence-electron chi connectivity index (χ2n) is 6.84. The van der Waals surface area contributed by atoms with Gasteiger partial charge in [-0.05, 0) is 37.5 Å². The Morgan fingerprint density at radius 1 is 1.19 bits per heavy atom. The summed E-state index contributed by atoms with van der Waals surface area (Å²) in [5.74, 6) is 0.904. The fraction of sp³-hybridized carbons (Fsp3) is 0.600. The van der Waals surface area contributed by atoms with Gasteiger partial charge < -0.3 is 15.5 Å². The summed E-state index contributed by atoms with van der Waals surface area (Å²) in [5.41, 5.74) is 1.02. The average Bonchev–Trinajstić information content (AvgIpc) is 2.66. The zero-order chi connectivity index (χ0) is 18.8. The molecule has 152 valence electrons. The van der Waals surface area contributed by atoms with E-state index in [4.69, 9.17) is 0 Å². The van der Waals surface area contributed by atoms with Crippen LogP contribution in [0.5, 0.6) is 0 Å². The van der Waals surface area contributed by atoms with E-state index in [0.29, 0.717) is 19.6 Å². The topological polar surface area (TPSA) is 56.7 Å². The van der Waals surface area contributed by atoms with Crippen LogP contribution in [0.2, 0.25) is 0 Å². The molecule has 7 heteroatoms. The van der Waals surface area contributed by atoms with E-state index in [1.165, 1.54) is 18.6 Å². The van der Waals surface area contributed by atoms with Crippen molar-refractivity contribution >= 4 is 35.8 Å². The Balaban J connectivity index is 0.00000364. The van der Waals surface area contributed by atoms with E-state index in [-0.39, 0.29) is 41.6 Å². The number of benzene rings is 1. The number of aliphatic imine (C=N–C) groups is 1. The van der Waals surface area contributed by atoms with Gasteiger partial charge >= 0.3 is 0 Å². The number of carbonyl (C=O) groups is 1. The van der Waals surface area contributed by atoms with Crippen molar-refractivity contribution < 1.29 is 9.18 Å². The van der Waals surface area contributed by atoms with Crippen molar-refractivity contribution in [1.29, 1.82) is 0 Å². The first-order chi connectivity index (χ1) is 12.6. The minimum absolute atomic E-state index is 0. The number of hydrogen-bond acceptors (Lipinski definition) is 2. The van der Waals surface area contributed by atoms with Gasteiger partial charge in [0, 0.05) is 32.6 Å². The van der Waals surface area contributed by atoms with Crippen LogP contribution in [0.1, 0.15) is 44.6 Å². The molecule has 2 rings (SSSR count). The van der Waals surface area contributed by atoms with Crippen molar-refractivity contribution in [3.63, 3.8) is 0 Å². The molecular weight excluding hydrogens is 458 g/mol.